The minimum atomic E-state index is -0.847. The van der Waals surface area contributed by atoms with E-state index >= 15 is 0 Å². The lowest BCUT2D eigenvalue weighted by atomic mass is 10.0. The number of methoxy groups -OCH3 is 2. The quantitative estimate of drug-likeness (QED) is 0.415. The summed E-state index contributed by atoms with van der Waals surface area (Å²) in [5.41, 5.74) is 6.50. The maximum absolute atomic E-state index is 13.3. The molecular weight excluding hydrogens is 542 g/mol. The summed E-state index contributed by atoms with van der Waals surface area (Å²) in [7, 11) is 3.01. The van der Waals surface area contributed by atoms with E-state index in [4.69, 9.17) is 19.9 Å². The highest BCUT2D eigenvalue weighted by atomic mass is 16.5. The Balaban J connectivity index is 1.98. The lowest BCUT2D eigenvalue weighted by molar-refractivity contribution is -0.137. The number of amides is 4. The van der Waals surface area contributed by atoms with Crippen molar-refractivity contribution in [1.29, 1.82) is 0 Å². The summed E-state index contributed by atoms with van der Waals surface area (Å²) >= 11 is 0. The second kappa shape index (κ2) is 15.6. The van der Waals surface area contributed by atoms with Gasteiger partial charge in [0.1, 0.15) is 17.5 Å². The van der Waals surface area contributed by atoms with Crippen LogP contribution in [0.4, 0.5) is 0 Å². The number of benzene rings is 2. The average molecular weight is 584 g/mol. The molecule has 0 spiro atoms. The highest BCUT2D eigenvalue weighted by Gasteiger charge is 2.27. The third-order valence-corrected chi connectivity index (χ3v) is 6.85. The van der Waals surface area contributed by atoms with Crippen molar-refractivity contribution in [3.05, 3.63) is 47.5 Å². The van der Waals surface area contributed by atoms with Crippen LogP contribution >= 0.6 is 0 Å². The van der Waals surface area contributed by atoms with Gasteiger partial charge in [0.15, 0.2) is 11.5 Å². The molecule has 0 saturated heterocycles. The number of nitrogens with two attached hydrogens (primary N) is 1. The third-order valence-electron chi connectivity index (χ3n) is 6.85. The smallest absolute Gasteiger partial charge is 0.251 e. The Kier molecular flexibility index (Phi) is 12.0. The fourth-order valence-corrected chi connectivity index (χ4v) is 4.54. The van der Waals surface area contributed by atoms with Crippen molar-refractivity contribution in [1.82, 2.24) is 20.9 Å². The highest BCUT2D eigenvalue weighted by molar-refractivity contribution is 5.95. The van der Waals surface area contributed by atoms with Gasteiger partial charge in [0.05, 0.1) is 32.9 Å². The van der Waals surface area contributed by atoms with E-state index in [1.54, 1.807) is 36.4 Å². The van der Waals surface area contributed by atoms with E-state index in [9.17, 15) is 19.2 Å². The maximum atomic E-state index is 13.3. The lowest BCUT2D eigenvalue weighted by Gasteiger charge is -2.26. The Morgan fingerprint density at radius 3 is 2.50 bits per heavy atom. The zero-order valence-corrected chi connectivity index (χ0v) is 24.7. The van der Waals surface area contributed by atoms with Crippen LogP contribution in [0.25, 0.3) is 0 Å². The number of nitrogens with zero attached hydrogens (tertiary/aromatic N) is 1. The number of nitrogens with one attached hydrogen (secondary N) is 3. The summed E-state index contributed by atoms with van der Waals surface area (Å²) in [5, 5.41) is 8.54. The van der Waals surface area contributed by atoms with Crippen LogP contribution in [0.1, 0.15) is 49.0 Å². The van der Waals surface area contributed by atoms with Crippen LogP contribution in [-0.4, -0.2) is 75.0 Å². The van der Waals surface area contributed by atoms with E-state index in [0.29, 0.717) is 60.1 Å². The van der Waals surface area contributed by atoms with Crippen LogP contribution in [0.5, 0.6) is 23.0 Å². The van der Waals surface area contributed by atoms with Crippen LogP contribution < -0.4 is 35.9 Å². The lowest BCUT2D eigenvalue weighted by Crippen LogP contribution is -2.52. The SMILES string of the molecule is COc1ccc2cc1Oc1cccc(OC)c1CNC(=O)[C@@H](C(C)C)NC(=O)CN(C(=O)CCN)CCCCNC2=O. The Hall–Kier alpha value is -4.32. The Morgan fingerprint density at radius 2 is 1.81 bits per heavy atom. The second-order valence-corrected chi connectivity index (χ2v) is 10.2. The molecule has 0 radical (unpaired) electrons. The van der Waals surface area contributed by atoms with Crippen molar-refractivity contribution in [3.63, 3.8) is 0 Å². The van der Waals surface area contributed by atoms with Crippen molar-refractivity contribution in [2.75, 3.05) is 40.4 Å². The van der Waals surface area contributed by atoms with E-state index in [1.165, 1.54) is 19.1 Å². The molecule has 0 saturated carbocycles. The fraction of sp³-hybridized carbons (Fsp3) is 0.467. The van der Waals surface area contributed by atoms with Gasteiger partial charge in [-0.15, -0.1) is 0 Å². The molecule has 12 heteroatoms. The summed E-state index contributed by atoms with van der Waals surface area (Å²) in [6, 6.07) is 9.23. The third kappa shape index (κ3) is 8.59. The molecule has 0 aliphatic carbocycles. The molecule has 42 heavy (non-hydrogen) atoms. The molecule has 3 rings (SSSR count). The molecule has 2 aromatic rings. The fourth-order valence-electron chi connectivity index (χ4n) is 4.54. The number of rotatable bonds is 5. The van der Waals surface area contributed by atoms with Crippen LogP contribution in [0.3, 0.4) is 0 Å². The number of carbonyl (C=O) groups excluding carboxylic acids is 4. The Labute approximate surface area is 246 Å². The molecule has 228 valence electrons. The van der Waals surface area contributed by atoms with Crippen LogP contribution in [0, 0.1) is 5.92 Å². The standard InChI is InChI=1S/C30H41N5O7/c1-19(2)28-30(39)33-17-21-22(40-3)8-7-9-23(21)42-25-16-20(10-11-24(25)41-4)29(38)32-14-5-6-15-35(18-26(36)34-28)27(37)12-13-31/h7-11,16,19,28H,5-6,12-15,17-18,31H2,1-4H3,(H,32,38)(H,33,39)(H,34,36)/t28-/m1/s1. The van der Waals surface area contributed by atoms with Gasteiger partial charge in [-0.2, -0.15) is 0 Å². The average Bonchev–Trinajstić information content (AvgIpc) is 2.97. The van der Waals surface area contributed by atoms with Crippen LogP contribution in [0.15, 0.2) is 36.4 Å². The summed E-state index contributed by atoms with van der Waals surface area (Å²) in [5.74, 6) is -0.0586. The van der Waals surface area contributed by atoms with E-state index in [1.807, 2.05) is 13.8 Å². The largest absolute Gasteiger partial charge is 0.496 e. The topological polar surface area (TPSA) is 161 Å². The van der Waals surface area contributed by atoms with Gasteiger partial charge in [0.2, 0.25) is 17.7 Å². The van der Waals surface area contributed by atoms with Crippen molar-refractivity contribution in [3.8, 4) is 23.0 Å². The predicted octanol–water partition coefficient (Wildman–Crippen LogP) is 1.95. The molecule has 4 amide bonds. The van der Waals surface area contributed by atoms with Gasteiger partial charge < -0.3 is 40.8 Å². The van der Waals surface area contributed by atoms with Gasteiger partial charge in [-0.3, -0.25) is 19.2 Å². The molecule has 1 atom stereocenters. The monoisotopic (exact) mass is 583 g/mol. The Morgan fingerprint density at radius 1 is 1.05 bits per heavy atom. The number of fused-ring (bicyclic) bond motifs is 3. The first kappa shape index (κ1) is 32.2. The molecule has 1 aliphatic rings. The van der Waals surface area contributed by atoms with Crippen LogP contribution in [-0.2, 0) is 20.9 Å². The minimum absolute atomic E-state index is 0.0286. The van der Waals surface area contributed by atoms with Gasteiger partial charge in [0, 0.05) is 31.6 Å². The van der Waals surface area contributed by atoms with E-state index in [2.05, 4.69) is 16.0 Å². The van der Waals surface area contributed by atoms with Gasteiger partial charge in [-0.25, -0.2) is 0 Å². The first-order chi connectivity index (χ1) is 20.2. The zero-order chi connectivity index (χ0) is 30.6. The first-order valence-corrected chi connectivity index (χ1v) is 14.0. The van der Waals surface area contributed by atoms with Gasteiger partial charge in [0.25, 0.3) is 5.91 Å². The van der Waals surface area contributed by atoms with Crippen LogP contribution in [0.2, 0.25) is 0 Å². The molecular formula is C30H41N5O7. The molecule has 0 fully saturated rings. The maximum Gasteiger partial charge on any atom is 0.251 e. The number of hydrogen-bond acceptors (Lipinski definition) is 8. The summed E-state index contributed by atoms with van der Waals surface area (Å²) < 4.78 is 17.2. The molecule has 5 N–H and O–H groups in total. The summed E-state index contributed by atoms with van der Waals surface area (Å²) in [6.07, 6.45) is 1.22. The molecule has 12 nitrogen and oxygen atoms in total. The minimum Gasteiger partial charge on any atom is -0.496 e. The molecule has 0 aromatic heterocycles. The van der Waals surface area contributed by atoms with Gasteiger partial charge in [-0.05, 0) is 49.1 Å². The highest BCUT2D eigenvalue weighted by Crippen LogP contribution is 2.37. The number of hydrogen-bond donors (Lipinski definition) is 4. The predicted molar refractivity (Wildman–Crippen MR) is 156 cm³/mol. The van der Waals surface area contributed by atoms with Gasteiger partial charge >= 0.3 is 0 Å². The summed E-state index contributed by atoms with van der Waals surface area (Å²) in [6.45, 7) is 4.29. The van der Waals surface area contributed by atoms with Crippen molar-refractivity contribution in [2.24, 2.45) is 11.7 Å². The zero-order valence-electron chi connectivity index (χ0n) is 24.7. The van der Waals surface area contributed by atoms with E-state index in [-0.39, 0.29) is 43.8 Å². The Bertz CT molecular complexity index is 1270. The molecule has 2 aromatic carbocycles. The molecule has 1 heterocycles. The van der Waals surface area contributed by atoms with Crippen molar-refractivity contribution < 1.29 is 33.4 Å². The van der Waals surface area contributed by atoms with Crippen molar-refractivity contribution >= 4 is 23.6 Å². The normalized spacial score (nSPS) is 17.2. The molecule has 2 bridgehead atoms. The molecule has 1 aliphatic heterocycles. The second-order valence-electron chi connectivity index (χ2n) is 10.2. The number of ether oxygens (including phenoxy) is 3. The van der Waals surface area contributed by atoms with E-state index in [0.717, 1.165) is 0 Å². The first-order valence-electron chi connectivity index (χ1n) is 14.0. The van der Waals surface area contributed by atoms with E-state index < -0.39 is 17.9 Å². The summed E-state index contributed by atoms with van der Waals surface area (Å²) in [4.78, 5) is 53.4. The van der Waals surface area contributed by atoms with Gasteiger partial charge in [-0.1, -0.05) is 19.9 Å². The van der Waals surface area contributed by atoms with Crippen molar-refractivity contribution in [2.45, 2.75) is 45.7 Å². The molecule has 0 unspecified atom stereocenters. The number of carbonyl (C=O) groups is 4.